The topological polar surface area (TPSA) is 12.9 Å². The number of hydrogen-bond donors (Lipinski definition) is 0. The van der Waals surface area contributed by atoms with Crippen LogP contribution in [0.5, 0.6) is 0 Å². The van der Waals surface area contributed by atoms with Crippen LogP contribution in [0.25, 0.3) is 42.2 Å². The summed E-state index contributed by atoms with van der Waals surface area (Å²) in [5.41, 5.74) is 6.05. The Kier molecular flexibility index (Phi) is 5.89. The summed E-state index contributed by atoms with van der Waals surface area (Å²) in [7, 11) is 0. The van der Waals surface area contributed by atoms with Gasteiger partial charge in [0.1, 0.15) is 0 Å². The molecule has 2 heterocycles. The molecule has 0 unspecified atom stereocenters. The number of fused-ring (bicyclic) bond motifs is 4. The third-order valence-electron chi connectivity index (χ3n) is 9.79. The number of pyridine rings is 1. The average Bonchev–Trinajstić information content (AvgIpc) is 3.31. The van der Waals surface area contributed by atoms with Crippen LogP contribution in [-0.4, -0.2) is 4.98 Å². The van der Waals surface area contributed by atoms with Crippen LogP contribution in [0.1, 0.15) is 95.6 Å². The van der Waals surface area contributed by atoms with E-state index in [1.807, 2.05) is 17.5 Å². The molecule has 1 nitrogen and oxygen atoms in total. The molecule has 194 valence electrons. The van der Waals surface area contributed by atoms with Gasteiger partial charge in [0, 0.05) is 27.2 Å². The standard InChI is InChI=1S/C36H39NS/c1-35(2,3)31-22-27(21-26-9-5-6-10-28(26)31)33-34-30(15-20-37-33)29-12-11-25(23-32(29)38-34)24-13-18-36(19-14-24)16-7-4-8-17-36/h5-6,9-12,15,20-24H,4,7-8,13-14,16-19H2,1-3H3. The Morgan fingerprint density at radius 1 is 0.789 bits per heavy atom. The van der Waals surface area contributed by atoms with Gasteiger partial charge in [0.15, 0.2) is 0 Å². The summed E-state index contributed by atoms with van der Waals surface area (Å²) in [4.78, 5) is 4.97. The van der Waals surface area contributed by atoms with E-state index >= 15 is 0 Å². The lowest BCUT2D eigenvalue weighted by atomic mass is 9.62. The van der Waals surface area contributed by atoms with Gasteiger partial charge in [-0.25, -0.2) is 0 Å². The fourth-order valence-corrected chi connectivity index (χ4v) is 8.87. The van der Waals surface area contributed by atoms with Gasteiger partial charge >= 0.3 is 0 Å². The molecule has 7 rings (SSSR count). The number of nitrogens with zero attached hydrogens (tertiary/aromatic N) is 1. The van der Waals surface area contributed by atoms with Crippen molar-refractivity contribution in [1.29, 1.82) is 0 Å². The summed E-state index contributed by atoms with van der Waals surface area (Å²) in [6.45, 7) is 6.94. The smallest absolute Gasteiger partial charge is 0.0880 e. The highest BCUT2D eigenvalue weighted by molar-refractivity contribution is 7.26. The first kappa shape index (κ1) is 24.3. The molecule has 38 heavy (non-hydrogen) atoms. The molecule has 0 N–H and O–H groups in total. The second kappa shape index (κ2) is 9.19. The molecule has 2 aromatic heterocycles. The predicted octanol–water partition coefficient (Wildman–Crippen LogP) is 11.2. The Morgan fingerprint density at radius 3 is 2.37 bits per heavy atom. The Labute approximate surface area is 231 Å². The SMILES string of the molecule is CC(C)(C)c1cc(-c2nccc3c2sc2cc(C4CCC5(CCCCC5)CC4)ccc23)cc2ccccc12. The minimum absolute atomic E-state index is 0.0643. The first-order valence-corrected chi connectivity index (χ1v) is 15.6. The molecule has 2 aliphatic rings. The molecule has 0 radical (unpaired) electrons. The zero-order valence-electron chi connectivity index (χ0n) is 23.1. The van der Waals surface area contributed by atoms with Crippen molar-refractivity contribution in [1.82, 2.24) is 4.98 Å². The normalized spacial score (nSPS) is 18.6. The number of hydrogen-bond acceptors (Lipinski definition) is 2. The van der Waals surface area contributed by atoms with Crippen molar-refractivity contribution in [2.24, 2.45) is 5.41 Å². The Morgan fingerprint density at radius 2 is 1.58 bits per heavy atom. The minimum Gasteiger partial charge on any atom is -0.255 e. The molecule has 2 fully saturated rings. The van der Waals surface area contributed by atoms with Crippen LogP contribution < -0.4 is 0 Å². The average molecular weight is 518 g/mol. The summed E-state index contributed by atoms with van der Waals surface area (Å²) in [5, 5.41) is 5.37. The maximum Gasteiger partial charge on any atom is 0.0880 e. The second-order valence-electron chi connectivity index (χ2n) is 13.2. The summed E-state index contributed by atoms with van der Waals surface area (Å²) in [6, 6.07) is 23.1. The lowest BCUT2D eigenvalue weighted by molar-refractivity contribution is 0.114. The summed E-state index contributed by atoms with van der Waals surface area (Å²) in [5.74, 6) is 0.726. The summed E-state index contributed by atoms with van der Waals surface area (Å²) in [6.07, 6.45) is 15.0. The van der Waals surface area contributed by atoms with E-state index in [9.17, 15) is 0 Å². The van der Waals surface area contributed by atoms with Gasteiger partial charge in [0.25, 0.3) is 0 Å². The van der Waals surface area contributed by atoms with Gasteiger partial charge in [0.05, 0.1) is 10.4 Å². The Hall–Kier alpha value is -2.71. The van der Waals surface area contributed by atoms with Crippen LogP contribution in [-0.2, 0) is 5.41 Å². The monoisotopic (exact) mass is 517 g/mol. The van der Waals surface area contributed by atoms with E-state index in [1.165, 1.54) is 99.9 Å². The van der Waals surface area contributed by atoms with Crippen LogP contribution in [0.2, 0.25) is 0 Å². The first-order chi connectivity index (χ1) is 18.4. The van der Waals surface area contributed by atoms with E-state index < -0.39 is 0 Å². The van der Waals surface area contributed by atoms with Gasteiger partial charge in [-0.1, -0.05) is 76.4 Å². The van der Waals surface area contributed by atoms with E-state index in [0.29, 0.717) is 5.41 Å². The van der Waals surface area contributed by atoms with Crippen molar-refractivity contribution in [2.75, 3.05) is 0 Å². The minimum atomic E-state index is 0.0643. The first-order valence-electron chi connectivity index (χ1n) is 14.8. The quantitative estimate of drug-likeness (QED) is 0.227. The maximum atomic E-state index is 4.97. The lowest BCUT2D eigenvalue weighted by Crippen LogP contribution is -2.29. The second-order valence-corrected chi connectivity index (χ2v) is 14.3. The van der Waals surface area contributed by atoms with Crippen molar-refractivity contribution in [3.63, 3.8) is 0 Å². The van der Waals surface area contributed by atoms with Gasteiger partial charge in [-0.05, 0) is 101 Å². The fourth-order valence-electron chi connectivity index (χ4n) is 7.61. The Balaban J connectivity index is 1.28. The van der Waals surface area contributed by atoms with Crippen LogP contribution in [0.15, 0.2) is 66.9 Å². The van der Waals surface area contributed by atoms with Gasteiger partial charge in [-0.3, -0.25) is 4.98 Å². The lowest BCUT2D eigenvalue weighted by Gasteiger charge is -2.43. The van der Waals surface area contributed by atoms with Gasteiger partial charge < -0.3 is 0 Å². The molecule has 0 amide bonds. The van der Waals surface area contributed by atoms with Gasteiger partial charge in [-0.15, -0.1) is 11.3 Å². The predicted molar refractivity (Wildman–Crippen MR) is 165 cm³/mol. The van der Waals surface area contributed by atoms with Crippen molar-refractivity contribution >= 4 is 42.3 Å². The molecule has 5 aromatic rings. The summed E-state index contributed by atoms with van der Waals surface area (Å²) < 4.78 is 2.74. The van der Waals surface area contributed by atoms with E-state index in [1.54, 1.807) is 5.56 Å². The van der Waals surface area contributed by atoms with E-state index in [-0.39, 0.29) is 5.41 Å². The van der Waals surface area contributed by atoms with E-state index in [2.05, 4.69) is 81.4 Å². The molecular weight excluding hydrogens is 478 g/mol. The van der Waals surface area contributed by atoms with E-state index in [4.69, 9.17) is 4.98 Å². The molecule has 0 saturated heterocycles. The number of rotatable bonds is 2. The van der Waals surface area contributed by atoms with E-state index in [0.717, 1.165) is 11.6 Å². The molecular formula is C36H39NS. The largest absolute Gasteiger partial charge is 0.255 e. The van der Waals surface area contributed by atoms with Crippen molar-refractivity contribution in [2.45, 2.75) is 89.9 Å². The van der Waals surface area contributed by atoms with Crippen LogP contribution in [0, 0.1) is 5.41 Å². The van der Waals surface area contributed by atoms with Crippen LogP contribution >= 0.6 is 11.3 Å². The van der Waals surface area contributed by atoms with Crippen molar-refractivity contribution < 1.29 is 0 Å². The third-order valence-corrected chi connectivity index (χ3v) is 11.0. The highest BCUT2D eigenvalue weighted by Gasteiger charge is 2.36. The van der Waals surface area contributed by atoms with Crippen LogP contribution in [0.4, 0.5) is 0 Å². The third kappa shape index (κ3) is 4.16. The molecule has 0 aliphatic heterocycles. The van der Waals surface area contributed by atoms with Crippen molar-refractivity contribution in [3.05, 3.63) is 78.0 Å². The molecule has 1 spiro atoms. The maximum absolute atomic E-state index is 4.97. The molecule has 0 bridgehead atoms. The molecule has 0 atom stereocenters. The highest BCUT2D eigenvalue weighted by atomic mass is 32.1. The van der Waals surface area contributed by atoms with Gasteiger partial charge in [0.2, 0.25) is 0 Å². The molecule has 2 heteroatoms. The fraction of sp³-hybridized carbons (Fsp3) is 0.417. The van der Waals surface area contributed by atoms with Gasteiger partial charge in [-0.2, -0.15) is 0 Å². The van der Waals surface area contributed by atoms with Crippen LogP contribution in [0.3, 0.4) is 0 Å². The molecule has 2 saturated carbocycles. The van der Waals surface area contributed by atoms with Crippen molar-refractivity contribution in [3.8, 4) is 11.3 Å². The zero-order valence-corrected chi connectivity index (χ0v) is 24.0. The Bertz CT molecular complexity index is 1630. The zero-order chi connectivity index (χ0) is 25.9. The molecule has 2 aliphatic carbocycles. The highest BCUT2D eigenvalue weighted by Crippen LogP contribution is 2.51. The molecule has 3 aromatic carbocycles. The number of benzene rings is 3. The number of thiophene rings is 1. The summed E-state index contributed by atoms with van der Waals surface area (Å²) >= 11 is 1.94. The number of aromatic nitrogens is 1.